The van der Waals surface area contributed by atoms with Gasteiger partial charge in [0.05, 0.1) is 18.2 Å². The van der Waals surface area contributed by atoms with Gasteiger partial charge in [-0.05, 0) is 77.3 Å². The zero-order chi connectivity index (χ0) is 29.7. The van der Waals surface area contributed by atoms with E-state index < -0.39 is 48.0 Å². The van der Waals surface area contributed by atoms with E-state index >= 15 is 0 Å². The summed E-state index contributed by atoms with van der Waals surface area (Å²) in [4.78, 5) is 38.2. The number of amides is 2. The molecular formula is C29H35F3N2O6. The number of likely N-dealkylation sites (tertiary alicyclic amines) is 1. The summed E-state index contributed by atoms with van der Waals surface area (Å²) in [6, 6.07) is 12.0. The van der Waals surface area contributed by atoms with Gasteiger partial charge < -0.3 is 24.4 Å². The molecule has 1 aliphatic rings. The Kier molecular flexibility index (Phi) is 9.70. The van der Waals surface area contributed by atoms with Gasteiger partial charge in [0.1, 0.15) is 23.6 Å². The highest BCUT2D eigenvalue weighted by molar-refractivity contribution is 5.89. The normalized spacial score (nSPS) is 17.4. The van der Waals surface area contributed by atoms with Crippen molar-refractivity contribution in [3.63, 3.8) is 0 Å². The van der Waals surface area contributed by atoms with Crippen LogP contribution in [0.5, 0.6) is 5.75 Å². The molecule has 0 aromatic heterocycles. The van der Waals surface area contributed by atoms with Gasteiger partial charge in [-0.3, -0.25) is 4.79 Å². The van der Waals surface area contributed by atoms with Crippen LogP contribution in [0.15, 0.2) is 48.5 Å². The largest absolute Gasteiger partial charge is 0.484 e. The Morgan fingerprint density at radius 1 is 1.00 bits per heavy atom. The topological polar surface area (TPSA) is 94.2 Å². The monoisotopic (exact) mass is 564 g/mol. The van der Waals surface area contributed by atoms with E-state index in [2.05, 4.69) is 0 Å². The molecule has 0 radical (unpaired) electrons. The highest BCUT2D eigenvalue weighted by Crippen LogP contribution is 2.27. The number of nitrogens with zero attached hydrogens (tertiary/aromatic N) is 1. The van der Waals surface area contributed by atoms with E-state index in [1.54, 1.807) is 45.0 Å². The SMILES string of the molecule is Cc1ccc([C@@H](Oc2ccc(C(=O)O[C@H]3CCCN(C(=O)OC(C)(C)C)C3)cc2)[C@H](C)NC(=O)C(F)(F)F)cc1. The van der Waals surface area contributed by atoms with Crippen molar-refractivity contribution in [2.45, 2.75) is 77.5 Å². The summed E-state index contributed by atoms with van der Waals surface area (Å²) < 4.78 is 55.6. The third kappa shape index (κ3) is 8.89. The van der Waals surface area contributed by atoms with Crippen LogP contribution in [0.3, 0.4) is 0 Å². The van der Waals surface area contributed by atoms with Gasteiger partial charge in [-0.1, -0.05) is 29.8 Å². The molecular weight excluding hydrogens is 529 g/mol. The molecule has 1 N–H and O–H groups in total. The molecule has 0 bridgehead atoms. The van der Waals surface area contributed by atoms with Crippen molar-refractivity contribution in [1.29, 1.82) is 0 Å². The highest BCUT2D eigenvalue weighted by atomic mass is 19.4. The molecule has 1 fully saturated rings. The number of esters is 1. The number of halogens is 3. The first-order chi connectivity index (χ1) is 18.6. The molecule has 2 aromatic carbocycles. The number of benzene rings is 2. The Labute approximate surface area is 231 Å². The predicted octanol–water partition coefficient (Wildman–Crippen LogP) is 5.74. The molecule has 3 rings (SSSR count). The molecule has 0 unspecified atom stereocenters. The highest BCUT2D eigenvalue weighted by Gasteiger charge is 2.40. The first-order valence-electron chi connectivity index (χ1n) is 13.0. The van der Waals surface area contributed by atoms with Crippen LogP contribution in [-0.4, -0.2) is 59.9 Å². The van der Waals surface area contributed by atoms with Crippen LogP contribution in [0.1, 0.15) is 68.1 Å². The summed E-state index contributed by atoms with van der Waals surface area (Å²) in [6.45, 7) is 9.37. The second-order valence-corrected chi connectivity index (χ2v) is 10.8. The van der Waals surface area contributed by atoms with Gasteiger partial charge in [-0.15, -0.1) is 0 Å². The minimum atomic E-state index is -5.03. The molecule has 0 saturated carbocycles. The second kappa shape index (κ2) is 12.6. The van der Waals surface area contributed by atoms with Crippen LogP contribution in [0.25, 0.3) is 0 Å². The van der Waals surface area contributed by atoms with Crippen molar-refractivity contribution in [3.05, 3.63) is 65.2 Å². The second-order valence-electron chi connectivity index (χ2n) is 10.8. The summed E-state index contributed by atoms with van der Waals surface area (Å²) >= 11 is 0. The third-order valence-electron chi connectivity index (χ3n) is 6.13. The zero-order valence-electron chi connectivity index (χ0n) is 23.2. The minimum absolute atomic E-state index is 0.224. The molecule has 0 aliphatic carbocycles. The number of aryl methyl sites for hydroxylation is 1. The maximum Gasteiger partial charge on any atom is 0.471 e. The Hall–Kier alpha value is -3.76. The Morgan fingerprint density at radius 3 is 2.20 bits per heavy atom. The summed E-state index contributed by atoms with van der Waals surface area (Å²) in [6.07, 6.45) is -5.66. The Bertz CT molecular complexity index is 1180. The summed E-state index contributed by atoms with van der Waals surface area (Å²) in [5.41, 5.74) is 1.12. The fourth-order valence-electron chi connectivity index (χ4n) is 4.14. The number of hydrogen-bond acceptors (Lipinski definition) is 6. The average molecular weight is 565 g/mol. The maximum atomic E-state index is 12.8. The van der Waals surface area contributed by atoms with Gasteiger partial charge in [-0.25, -0.2) is 9.59 Å². The number of hydrogen-bond donors (Lipinski definition) is 1. The molecule has 40 heavy (non-hydrogen) atoms. The van der Waals surface area contributed by atoms with E-state index in [0.717, 1.165) is 5.56 Å². The fraction of sp³-hybridized carbons (Fsp3) is 0.483. The van der Waals surface area contributed by atoms with E-state index in [1.807, 2.05) is 12.2 Å². The van der Waals surface area contributed by atoms with Crippen LogP contribution in [0.4, 0.5) is 18.0 Å². The Balaban J connectivity index is 1.67. The average Bonchev–Trinajstić information content (AvgIpc) is 2.86. The number of carbonyl (C=O) groups excluding carboxylic acids is 3. The lowest BCUT2D eigenvalue weighted by molar-refractivity contribution is -0.174. The smallest absolute Gasteiger partial charge is 0.471 e. The van der Waals surface area contributed by atoms with Gasteiger partial charge in [-0.2, -0.15) is 13.2 Å². The standard InChI is InChI=1S/C29H35F3N2O6/c1-18-8-10-20(11-9-18)24(19(2)33-26(36)29(30,31)32)38-22-14-12-21(13-15-22)25(35)39-23-7-6-16-34(17-23)27(37)40-28(3,4)5/h8-15,19,23-24H,6-7,16-17H2,1-5H3,(H,33,36)/t19-,23-,24-/m0/s1. The van der Waals surface area contributed by atoms with E-state index in [0.29, 0.717) is 24.9 Å². The molecule has 0 spiro atoms. The lowest BCUT2D eigenvalue weighted by Crippen LogP contribution is -2.45. The van der Waals surface area contributed by atoms with Gasteiger partial charge in [0.15, 0.2) is 0 Å². The summed E-state index contributed by atoms with van der Waals surface area (Å²) in [5, 5.41) is 1.95. The van der Waals surface area contributed by atoms with Crippen molar-refractivity contribution in [2.24, 2.45) is 0 Å². The van der Waals surface area contributed by atoms with E-state index in [1.165, 1.54) is 36.1 Å². The predicted molar refractivity (Wildman–Crippen MR) is 141 cm³/mol. The lowest BCUT2D eigenvalue weighted by Gasteiger charge is -2.33. The van der Waals surface area contributed by atoms with Crippen molar-refractivity contribution in [1.82, 2.24) is 10.2 Å². The van der Waals surface area contributed by atoms with E-state index in [4.69, 9.17) is 14.2 Å². The Morgan fingerprint density at radius 2 is 1.62 bits per heavy atom. The van der Waals surface area contributed by atoms with Crippen LogP contribution in [0.2, 0.25) is 0 Å². The molecule has 1 saturated heterocycles. The number of ether oxygens (including phenoxy) is 3. The number of alkyl halides is 3. The van der Waals surface area contributed by atoms with Gasteiger partial charge >= 0.3 is 24.1 Å². The van der Waals surface area contributed by atoms with Crippen molar-refractivity contribution in [2.75, 3.05) is 13.1 Å². The number of carbonyl (C=O) groups is 3. The van der Waals surface area contributed by atoms with E-state index in [9.17, 15) is 27.6 Å². The van der Waals surface area contributed by atoms with Crippen LogP contribution >= 0.6 is 0 Å². The molecule has 1 aliphatic heterocycles. The number of nitrogens with one attached hydrogen (secondary N) is 1. The summed E-state index contributed by atoms with van der Waals surface area (Å²) in [5.74, 6) is -2.36. The first-order valence-corrected chi connectivity index (χ1v) is 13.0. The van der Waals surface area contributed by atoms with Gasteiger partial charge in [0.25, 0.3) is 0 Å². The van der Waals surface area contributed by atoms with Gasteiger partial charge in [0, 0.05) is 6.54 Å². The summed E-state index contributed by atoms with van der Waals surface area (Å²) in [7, 11) is 0. The molecule has 1 heterocycles. The van der Waals surface area contributed by atoms with Crippen LogP contribution in [-0.2, 0) is 14.3 Å². The van der Waals surface area contributed by atoms with Gasteiger partial charge in [0.2, 0.25) is 0 Å². The van der Waals surface area contributed by atoms with Crippen molar-refractivity contribution < 1.29 is 41.8 Å². The van der Waals surface area contributed by atoms with Crippen molar-refractivity contribution in [3.8, 4) is 5.75 Å². The van der Waals surface area contributed by atoms with Crippen LogP contribution < -0.4 is 10.1 Å². The molecule has 11 heteroatoms. The van der Waals surface area contributed by atoms with Crippen LogP contribution in [0, 0.1) is 6.92 Å². The zero-order valence-corrected chi connectivity index (χ0v) is 23.2. The van der Waals surface area contributed by atoms with E-state index in [-0.39, 0.29) is 17.9 Å². The third-order valence-corrected chi connectivity index (χ3v) is 6.13. The molecule has 3 atom stereocenters. The number of piperidine rings is 1. The number of rotatable bonds is 7. The molecule has 8 nitrogen and oxygen atoms in total. The molecule has 218 valence electrons. The van der Waals surface area contributed by atoms with Crippen molar-refractivity contribution >= 4 is 18.0 Å². The lowest BCUT2D eigenvalue weighted by atomic mass is 10.0. The molecule has 2 amide bonds. The quantitative estimate of drug-likeness (QED) is 0.431. The fourth-order valence-corrected chi connectivity index (χ4v) is 4.14. The molecule has 2 aromatic rings. The first kappa shape index (κ1) is 30.8. The minimum Gasteiger partial charge on any atom is -0.484 e. The maximum absolute atomic E-state index is 12.8.